The minimum Gasteiger partial charge on any atom is -0.497 e. The highest BCUT2D eigenvalue weighted by Crippen LogP contribution is 2.28. The van der Waals surface area contributed by atoms with Gasteiger partial charge in [-0.1, -0.05) is 63.6 Å². The molecule has 2 aromatic carbocycles. The number of rotatable bonds is 8. The third kappa shape index (κ3) is 6.42. The summed E-state index contributed by atoms with van der Waals surface area (Å²) >= 11 is 1.82. The molecular formula is C18H20OS3. The molecule has 0 aromatic heterocycles. The molecule has 2 rings (SSSR count). The lowest BCUT2D eigenvalue weighted by Crippen LogP contribution is -1.82. The van der Waals surface area contributed by atoms with E-state index in [0.29, 0.717) is 0 Å². The summed E-state index contributed by atoms with van der Waals surface area (Å²) in [7, 11) is 5.36. The average molecular weight is 349 g/mol. The molecule has 0 amide bonds. The third-order valence-corrected chi connectivity index (χ3v) is 5.89. The summed E-state index contributed by atoms with van der Waals surface area (Å²) in [6, 6.07) is 16.9. The van der Waals surface area contributed by atoms with Crippen molar-refractivity contribution in [2.75, 3.05) is 12.9 Å². The minimum atomic E-state index is 0.914. The summed E-state index contributed by atoms with van der Waals surface area (Å²) in [5.41, 5.74) is 2.69. The number of thioether (sulfide) groups is 1. The number of benzene rings is 2. The van der Waals surface area contributed by atoms with E-state index in [1.54, 1.807) is 17.9 Å². The molecule has 0 bridgehead atoms. The van der Waals surface area contributed by atoms with Gasteiger partial charge >= 0.3 is 0 Å². The highest BCUT2D eigenvalue weighted by atomic mass is 33.1. The van der Waals surface area contributed by atoms with Gasteiger partial charge in [0, 0.05) is 16.4 Å². The standard InChI is InChI=1S/C18H20OS3/c1-15-7-9-16(10-8-15)14-22-21-12-4-11-20-18-6-3-5-17(13-18)19-2/h3-10,12-13H,11,14H2,1-2H3/b12-4+. The lowest BCUT2D eigenvalue weighted by molar-refractivity contribution is 0.413. The first-order valence-electron chi connectivity index (χ1n) is 7.03. The van der Waals surface area contributed by atoms with Crippen molar-refractivity contribution >= 4 is 33.3 Å². The van der Waals surface area contributed by atoms with Gasteiger partial charge in [0.25, 0.3) is 0 Å². The quantitative estimate of drug-likeness (QED) is 0.319. The summed E-state index contributed by atoms with van der Waals surface area (Å²) in [5.74, 6) is 2.93. The Morgan fingerprint density at radius 2 is 1.91 bits per heavy atom. The van der Waals surface area contributed by atoms with E-state index in [0.717, 1.165) is 17.3 Å². The van der Waals surface area contributed by atoms with E-state index < -0.39 is 0 Å². The first-order chi connectivity index (χ1) is 10.8. The van der Waals surface area contributed by atoms with Crippen molar-refractivity contribution in [3.63, 3.8) is 0 Å². The van der Waals surface area contributed by atoms with Crippen LogP contribution in [0.3, 0.4) is 0 Å². The molecule has 0 aliphatic heterocycles. The normalized spacial score (nSPS) is 11.0. The number of hydrogen-bond acceptors (Lipinski definition) is 4. The van der Waals surface area contributed by atoms with Crippen molar-refractivity contribution in [1.29, 1.82) is 0 Å². The Morgan fingerprint density at radius 1 is 1.09 bits per heavy atom. The van der Waals surface area contributed by atoms with E-state index in [9.17, 15) is 0 Å². The van der Waals surface area contributed by atoms with Gasteiger partial charge in [0.05, 0.1) is 7.11 Å². The van der Waals surface area contributed by atoms with Gasteiger partial charge in [-0.2, -0.15) is 0 Å². The van der Waals surface area contributed by atoms with Gasteiger partial charge in [-0.25, -0.2) is 0 Å². The Labute approximate surface area is 145 Å². The summed E-state index contributed by atoms with van der Waals surface area (Å²) in [5, 5.41) is 2.17. The average Bonchev–Trinajstić information content (AvgIpc) is 2.56. The second-order valence-corrected chi connectivity index (χ2v) is 8.07. The molecule has 0 atom stereocenters. The number of methoxy groups -OCH3 is 1. The Bertz CT molecular complexity index is 594. The first-order valence-corrected chi connectivity index (χ1v) is 10.4. The molecular weight excluding hydrogens is 328 g/mol. The van der Waals surface area contributed by atoms with Gasteiger partial charge in [-0.15, -0.1) is 11.8 Å². The second kappa shape index (κ2) is 9.93. The van der Waals surface area contributed by atoms with Gasteiger partial charge in [0.15, 0.2) is 0 Å². The molecule has 0 heterocycles. The fourth-order valence-corrected chi connectivity index (χ4v) is 4.35. The molecule has 0 fully saturated rings. The van der Waals surface area contributed by atoms with E-state index in [1.165, 1.54) is 16.0 Å². The molecule has 0 spiro atoms. The van der Waals surface area contributed by atoms with Crippen LogP contribution in [-0.4, -0.2) is 12.9 Å². The van der Waals surface area contributed by atoms with Crippen LogP contribution in [0, 0.1) is 6.92 Å². The van der Waals surface area contributed by atoms with Gasteiger partial charge in [0.2, 0.25) is 0 Å². The lowest BCUT2D eigenvalue weighted by atomic mass is 10.2. The summed E-state index contributed by atoms with van der Waals surface area (Å²) in [6.07, 6.45) is 2.21. The molecule has 2 aromatic rings. The Morgan fingerprint density at radius 3 is 2.68 bits per heavy atom. The molecule has 0 aliphatic rings. The van der Waals surface area contributed by atoms with E-state index >= 15 is 0 Å². The fraction of sp³-hybridized carbons (Fsp3) is 0.222. The van der Waals surface area contributed by atoms with Crippen LogP contribution < -0.4 is 4.74 Å². The molecule has 22 heavy (non-hydrogen) atoms. The first kappa shape index (κ1) is 17.4. The monoisotopic (exact) mass is 348 g/mol. The van der Waals surface area contributed by atoms with Crippen LogP contribution in [0.25, 0.3) is 0 Å². The van der Waals surface area contributed by atoms with Crippen LogP contribution in [0.4, 0.5) is 0 Å². The highest BCUT2D eigenvalue weighted by molar-refractivity contribution is 8.77. The predicted molar refractivity (Wildman–Crippen MR) is 103 cm³/mol. The number of ether oxygens (including phenoxy) is 1. The fourth-order valence-electron chi connectivity index (χ4n) is 1.74. The van der Waals surface area contributed by atoms with E-state index in [2.05, 4.69) is 54.8 Å². The largest absolute Gasteiger partial charge is 0.497 e. The van der Waals surface area contributed by atoms with E-state index in [4.69, 9.17) is 4.74 Å². The Balaban J connectivity index is 1.62. The molecule has 4 heteroatoms. The van der Waals surface area contributed by atoms with Crippen LogP contribution in [0.5, 0.6) is 5.75 Å². The molecule has 0 radical (unpaired) electrons. The van der Waals surface area contributed by atoms with Crippen molar-refractivity contribution in [3.8, 4) is 5.75 Å². The van der Waals surface area contributed by atoms with Crippen molar-refractivity contribution in [1.82, 2.24) is 0 Å². The summed E-state index contributed by atoms with van der Waals surface area (Å²) < 4.78 is 5.22. The third-order valence-electron chi connectivity index (χ3n) is 2.95. The second-order valence-electron chi connectivity index (χ2n) is 4.71. The van der Waals surface area contributed by atoms with E-state index in [-0.39, 0.29) is 0 Å². The van der Waals surface area contributed by atoms with Crippen molar-refractivity contribution in [3.05, 3.63) is 71.1 Å². The molecule has 0 saturated carbocycles. The van der Waals surface area contributed by atoms with Crippen molar-refractivity contribution in [2.24, 2.45) is 0 Å². The Hall–Kier alpha value is -0.970. The van der Waals surface area contributed by atoms with Crippen molar-refractivity contribution < 1.29 is 4.74 Å². The topological polar surface area (TPSA) is 9.23 Å². The van der Waals surface area contributed by atoms with Gasteiger partial charge in [-0.3, -0.25) is 0 Å². The van der Waals surface area contributed by atoms with E-state index in [1.807, 2.05) is 34.7 Å². The molecule has 1 nitrogen and oxygen atoms in total. The Kier molecular flexibility index (Phi) is 7.85. The molecule has 116 valence electrons. The van der Waals surface area contributed by atoms with Crippen LogP contribution in [-0.2, 0) is 5.75 Å². The SMILES string of the molecule is COc1cccc(SC/C=C/SSCc2ccc(C)cc2)c1. The minimum absolute atomic E-state index is 0.914. The number of aryl methyl sites for hydroxylation is 1. The highest BCUT2D eigenvalue weighted by Gasteiger charge is 1.95. The summed E-state index contributed by atoms with van der Waals surface area (Å²) in [6.45, 7) is 2.12. The van der Waals surface area contributed by atoms with Crippen LogP contribution >= 0.6 is 33.3 Å². The lowest BCUT2D eigenvalue weighted by Gasteiger charge is -2.02. The maximum Gasteiger partial charge on any atom is 0.119 e. The van der Waals surface area contributed by atoms with Crippen LogP contribution in [0.1, 0.15) is 11.1 Å². The molecule has 0 saturated heterocycles. The molecule has 0 N–H and O–H groups in total. The van der Waals surface area contributed by atoms with Crippen molar-refractivity contribution in [2.45, 2.75) is 17.6 Å². The van der Waals surface area contributed by atoms with Crippen LogP contribution in [0.2, 0.25) is 0 Å². The zero-order valence-electron chi connectivity index (χ0n) is 12.8. The number of hydrogen-bond donors (Lipinski definition) is 0. The molecule has 0 aliphatic carbocycles. The van der Waals surface area contributed by atoms with Gasteiger partial charge < -0.3 is 4.74 Å². The zero-order valence-corrected chi connectivity index (χ0v) is 15.3. The maximum atomic E-state index is 5.22. The summed E-state index contributed by atoms with van der Waals surface area (Å²) in [4.78, 5) is 1.24. The van der Waals surface area contributed by atoms with Gasteiger partial charge in [-0.05, 0) is 36.1 Å². The predicted octanol–water partition coefficient (Wildman–Crippen LogP) is 6.19. The smallest absolute Gasteiger partial charge is 0.119 e. The zero-order chi connectivity index (χ0) is 15.6. The maximum absolute atomic E-state index is 5.22. The molecule has 0 unspecified atom stereocenters. The van der Waals surface area contributed by atoms with Gasteiger partial charge in [0.1, 0.15) is 5.75 Å². The van der Waals surface area contributed by atoms with Crippen LogP contribution in [0.15, 0.2) is 64.9 Å².